The lowest BCUT2D eigenvalue weighted by atomic mass is 9.96. The third kappa shape index (κ3) is 3.00. The van der Waals surface area contributed by atoms with Gasteiger partial charge in [0.05, 0.1) is 6.10 Å². The van der Waals surface area contributed by atoms with Crippen molar-refractivity contribution in [2.45, 2.75) is 44.8 Å². The van der Waals surface area contributed by atoms with Crippen molar-refractivity contribution in [3.63, 3.8) is 0 Å². The van der Waals surface area contributed by atoms with Gasteiger partial charge in [0.2, 0.25) is 0 Å². The number of carbonyl (C=O) groups excluding carboxylic acids is 1. The predicted molar refractivity (Wildman–Crippen MR) is 68.7 cm³/mol. The van der Waals surface area contributed by atoms with E-state index in [1.807, 2.05) is 0 Å². The molecule has 19 heavy (non-hydrogen) atoms. The molecule has 2 saturated heterocycles. The van der Waals surface area contributed by atoms with Crippen LogP contribution in [0.4, 0.5) is 4.79 Å². The fraction of sp³-hybridized carbons (Fsp3) is 0.846. The third-order valence-electron chi connectivity index (χ3n) is 4.18. The summed E-state index contributed by atoms with van der Waals surface area (Å²) < 4.78 is 0. The molecule has 3 unspecified atom stereocenters. The average Bonchev–Trinajstić information content (AvgIpc) is 2.80. The van der Waals surface area contributed by atoms with Crippen LogP contribution in [0.1, 0.15) is 32.6 Å². The molecule has 0 bridgehead atoms. The van der Waals surface area contributed by atoms with E-state index in [9.17, 15) is 14.7 Å². The van der Waals surface area contributed by atoms with Crippen molar-refractivity contribution in [1.29, 1.82) is 0 Å². The SMILES string of the molecule is CCC1CCCN(C(=O)N2CC(O)CC2C(=O)O)C1. The molecule has 2 rings (SSSR count). The number of aliphatic carboxylic acids is 1. The maximum absolute atomic E-state index is 12.4. The molecule has 2 aliphatic rings. The molecular weight excluding hydrogens is 248 g/mol. The number of piperidine rings is 1. The van der Waals surface area contributed by atoms with Crippen molar-refractivity contribution in [3.05, 3.63) is 0 Å². The van der Waals surface area contributed by atoms with Gasteiger partial charge in [-0.05, 0) is 18.8 Å². The first kappa shape index (κ1) is 14.1. The zero-order valence-corrected chi connectivity index (χ0v) is 11.3. The maximum Gasteiger partial charge on any atom is 0.326 e. The summed E-state index contributed by atoms with van der Waals surface area (Å²) in [7, 11) is 0. The van der Waals surface area contributed by atoms with Crippen LogP contribution in [0.5, 0.6) is 0 Å². The number of hydrogen-bond acceptors (Lipinski definition) is 3. The molecule has 0 radical (unpaired) electrons. The number of nitrogens with zero attached hydrogens (tertiary/aromatic N) is 2. The van der Waals surface area contributed by atoms with Crippen LogP contribution in [-0.2, 0) is 4.79 Å². The molecule has 0 aromatic heterocycles. The number of likely N-dealkylation sites (tertiary alicyclic amines) is 2. The first-order valence-electron chi connectivity index (χ1n) is 6.99. The minimum Gasteiger partial charge on any atom is -0.480 e. The molecule has 0 aromatic carbocycles. The summed E-state index contributed by atoms with van der Waals surface area (Å²) in [5.74, 6) is -0.526. The molecule has 2 amide bonds. The molecule has 6 nitrogen and oxygen atoms in total. The van der Waals surface area contributed by atoms with Gasteiger partial charge in [0.1, 0.15) is 6.04 Å². The van der Waals surface area contributed by atoms with Crippen molar-refractivity contribution in [3.8, 4) is 0 Å². The molecule has 3 atom stereocenters. The van der Waals surface area contributed by atoms with Crippen LogP contribution < -0.4 is 0 Å². The highest BCUT2D eigenvalue weighted by atomic mass is 16.4. The van der Waals surface area contributed by atoms with E-state index in [-0.39, 0.29) is 19.0 Å². The zero-order valence-electron chi connectivity index (χ0n) is 11.3. The Morgan fingerprint density at radius 3 is 2.68 bits per heavy atom. The monoisotopic (exact) mass is 270 g/mol. The summed E-state index contributed by atoms with van der Waals surface area (Å²) in [6, 6.07) is -1.12. The van der Waals surface area contributed by atoms with Gasteiger partial charge in [-0.25, -0.2) is 9.59 Å². The van der Waals surface area contributed by atoms with Gasteiger partial charge in [0, 0.05) is 26.1 Å². The quantitative estimate of drug-likeness (QED) is 0.776. The highest BCUT2D eigenvalue weighted by molar-refractivity contribution is 5.83. The van der Waals surface area contributed by atoms with Crippen molar-refractivity contribution in [2.75, 3.05) is 19.6 Å². The highest BCUT2D eigenvalue weighted by Crippen LogP contribution is 2.24. The number of carboxylic acids is 1. The van der Waals surface area contributed by atoms with Gasteiger partial charge in [-0.15, -0.1) is 0 Å². The molecule has 2 N–H and O–H groups in total. The van der Waals surface area contributed by atoms with Crippen LogP contribution >= 0.6 is 0 Å². The van der Waals surface area contributed by atoms with Crippen LogP contribution in [0.15, 0.2) is 0 Å². The Morgan fingerprint density at radius 2 is 2.05 bits per heavy atom. The van der Waals surface area contributed by atoms with Gasteiger partial charge in [0.15, 0.2) is 0 Å². The minimum absolute atomic E-state index is 0.128. The number of urea groups is 1. The fourth-order valence-electron chi connectivity index (χ4n) is 3.01. The Balaban J connectivity index is 2.03. The molecule has 0 aliphatic carbocycles. The topological polar surface area (TPSA) is 81.1 Å². The highest BCUT2D eigenvalue weighted by Gasteiger charge is 2.41. The molecular formula is C13H22N2O4. The molecule has 0 spiro atoms. The van der Waals surface area contributed by atoms with Crippen molar-refractivity contribution >= 4 is 12.0 Å². The van der Waals surface area contributed by atoms with Crippen LogP contribution in [-0.4, -0.2) is 63.8 Å². The average molecular weight is 270 g/mol. The van der Waals surface area contributed by atoms with Crippen LogP contribution in [0.3, 0.4) is 0 Å². The normalized spacial score (nSPS) is 31.6. The molecule has 2 heterocycles. The van der Waals surface area contributed by atoms with Gasteiger partial charge >= 0.3 is 12.0 Å². The number of hydrogen-bond donors (Lipinski definition) is 2. The molecule has 6 heteroatoms. The Morgan fingerprint density at radius 1 is 1.32 bits per heavy atom. The minimum atomic E-state index is -1.03. The third-order valence-corrected chi connectivity index (χ3v) is 4.18. The number of carbonyl (C=O) groups is 2. The smallest absolute Gasteiger partial charge is 0.326 e. The first-order chi connectivity index (χ1) is 9.02. The second-order valence-corrected chi connectivity index (χ2v) is 5.54. The van der Waals surface area contributed by atoms with Gasteiger partial charge < -0.3 is 20.0 Å². The van der Waals surface area contributed by atoms with Gasteiger partial charge in [0.25, 0.3) is 0 Å². The van der Waals surface area contributed by atoms with E-state index < -0.39 is 18.1 Å². The Bertz CT molecular complexity index is 361. The largest absolute Gasteiger partial charge is 0.480 e. The maximum atomic E-state index is 12.4. The lowest BCUT2D eigenvalue weighted by Gasteiger charge is -2.36. The van der Waals surface area contributed by atoms with Crippen LogP contribution in [0.2, 0.25) is 0 Å². The zero-order chi connectivity index (χ0) is 14.0. The summed E-state index contributed by atoms with van der Waals surface area (Å²) >= 11 is 0. The van der Waals surface area contributed by atoms with E-state index in [1.54, 1.807) is 4.90 Å². The summed E-state index contributed by atoms with van der Waals surface area (Å²) in [6.45, 7) is 3.63. The van der Waals surface area contributed by atoms with E-state index in [1.165, 1.54) is 4.90 Å². The Labute approximate surface area is 113 Å². The van der Waals surface area contributed by atoms with Crippen molar-refractivity contribution in [2.24, 2.45) is 5.92 Å². The number of amides is 2. The lowest BCUT2D eigenvalue weighted by molar-refractivity contribution is -0.141. The van der Waals surface area contributed by atoms with E-state index >= 15 is 0 Å². The number of aliphatic hydroxyl groups is 1. The standard InChI is InChI=1S/C13H22N2O4/c1-2-9-4-3-5-14(7-9)13(19)15-8-10(16)6-11(15)12(17)18/h9-11,16H,2-8H2,1H3,(H,17,18). The van der Waals surface area contributed by atoms with Gasteiger partial charge in [-0.2, -0.15) is 0 Å². The Hall–Kier alpha value is -1.30. The molecule has 108 valence electrons. The van der Waals surface area contributed by atoms with Crippen molar-refractivity contribution in [1.82, 2.24) is 9.80 Å². The lowest BCUT2D eigenvalue weighted by Crippen LogP contribution is -2.51. The second-order valence-electron chi connectivity index (χ2n) is 5.54. The van der Waals surface area contributed by atoms with E-state index in [4.69, 9.17) is 5.11 Å². The molecule has 0 saturated carbocycles. The molecule has 0 aromatic rings. The van der Waals surface area contributed by atoms with Crippen LogP contribution in [0.25, 0.3) is 0 Å². The Kier molecular flexibility index (Phi) is 4.29. The summed E-state index contributed by atoms with van der Waals surface area (Å²) in [6.07, 6.45) is 2.54. The molecule has 2 fully saturated rings. The van der Waals surface area contributed by atoms with Gasteiger partial charge in [-0.3, -0.25) is 0 Å². The van der Waals surface area contributed by atoms with E-state index in [2.05, 4.69) is 6.92 Å². The number of aliphatic hydroxyl groups excluding tert-OH is 1. The van der Waals surface area contributed by atoms with Crippen molar-refractivity contribution < 1.29 is 19.8 Å². The number of rotatable bonds is 2. The van der Waals surface area contributed by atoms with Crippen LogP contribution in [0, 0.1) is 5.92 Å². The van der Waals surface area contributed by atoms with E-state index in [0.717, 1.165) is 19.3 Å². The fourth-order valence-corrected chi connectivity index (χ4v) is 3.01. The second kappa shape index (κ2) is 5.77. The summed E-state index contributed by atoms with van der Waals surface area (Å²) in [5, 5.41) is 18.7. The summed E-state index contributed by atoms with van der Waals surface area (Å²) in [5.41, 5.74) is 0. The predicted octanol–water partition coefficient (Wildman–Crippen LogP) is 0.748. The molecule has 2 aliphatic heterocycles. The van der Waals surface area contributed by atoms with E-state index in [0.29, 0.717) is 19.0 Å². The summed E-state index contributed by atoms with van der Waals surface area (Å²) in [4.78, 5) is 26.6. The number of β-amino-alcohol motifs (C(OH)–C–C–N with tert-alkyl or cyclic N) is 1. The first-order valence-corrected chi connectivity index (χ1v) is 6.99. The number of carboxylic acid groups (broad SMARTS) is 1. The van der Waals surface area contributed by atoms with Gasteiger partial charge in [-0.1, -0.05) is 13.3 Å².